The second-order valence-electron chi connectivity index (χ2n) is 5.39. The summed E-state index contributed by atoms with van der Waals surface area (Å²) in [5.74, 6) is -0.875. The minimum Gasteiger partial charge on any atom is -0.480 e. The van der Waals surface area contributed by atoms with E-state index in [9.17, 15) is 4.79 Å². The number of nitrogens with zero attached hydrogens (tertiary/aromatic N) is 2. The first kappa shape index (κ1) is 16.3. The first-order valence-corrected chi connectivity index (χ1v) is 6.85. The molecule has 1 aromatic carbocycles. The molecular weight excluding hydrogens is 276 g/mol. The molecule has 1 rings (SSSR count). The van der Waals surface area contributed by atoms with Crippen LogP contribution in [0.1, 0.15) is 26.7 Å². The monoisotopic (exact) mass is 294 g/mol. The molecular formula is C15H19ClN2O2. The van der Waals surface area contributed by atoms with E-state index in [2.05, 4.69) is 6.07 Å². The van der Waals surface area contributed by atoms with Crippen molar-refractivity contribution in [3.63, 3.8) is 0 Å². The number of halogens is 1. The fourth-order valence-electron chi connectivity index (χ4n) is 1.88. The van der Waals surface area contributed by atoms with E-state index in [0.717, 1.165) is 18.5 Å². The molecule has 0 saturated heterocycles. The normalized spacial score (nSPS) is 10.9. The van der Waals surface area contributed by atoms with Gasteiger partial charge in [0.2, 0.25) is 0 Å². The number of aliphatic carboxylic acids is 1. The molecule has 0 bridgehead atoms. The molecule has 0 aliphatic rings. The minimum absolute atomic E-state index is 0.0609. The van der Waals surface area contributed by atoms with E-state index >= 15 is 0 Å². The van der Waals surface area contributed by atoms with Crippen LogP contribution in [0.3, 0.4) is 0 Å². The molecule has 0 spiro atoms. The van der Waals surface area contributed by atoms with Gasteiger partial charge in [0.05, 0.1) is 11.5 Å². The number of hydrogen-bond acceptors (Lipinski definition) is 3. The van der Waals surface area contributed by atoms with Crippen LogP contribution in [-0.2, 0) is 4.79 Å². The summed E-state index contributed by atoms with van der Waals surface area (Å²) in [5, 5.41) is 18.6. The number of carbonyl (C=O) groups is 1. The highest BCUT2D eigenvalue weighted by Crippen LogP contribution is 2.23. The van der Waals surface area contributed by atoms with Crippen molar-refractivity contribution in [1.82, 2.24) is 0 Å². The third-order valence-corrected chi connectivity index (χ3v) is 3.30. The van der Waals surface area contributed by atoms with Gasteiger partial charge in [0.25, 0.3) is 0 Å². The van der Waals surface area contributed by atoms with Crippen molar-refractivity contribution in [2.45, 2.75) is 26.7 Å². The van der Waals surface area contributed by atoms with Gasteiger partial charge in [0.15, 0.2) is 0 Å². The molecule has 0 aliphatic carbocycles. The van der Waals surface area contributed by atoms with Gasteiger partial charge in [-0.15, -0.1) is 0 Å². The third kappa shape index (κ3) is 5.50. The fourth-order valence-corrected chi connectivity index (χ4v) is 2.01. The van der Waals surface area contributed by atoms with Gasteiger partial charge >= 0.3 is 5.97 Å². The van der Waals surface area contributed by atoms with E-state index < -0.39 is 5.97 Å². The van der Waals surface area contributed by atoms with Crippen LogP contribution in [0, 0.1) is 16.7 Å². The Kier molecular flexibility index (Phi) is 5.84. The van der Waals surface area contributed by atoms with Crippen molar-refractivity contribution in [1.29, 1.82) is 5.26 Å². The molecule has 0 radical (unpaired) electrons. The van der Waals surface area contributed by atoms with Crippen LogP contribution in [0.2, 0.25) is 5.02 Å². The number of benzene rings is 1. The van der Waals surface area contributed by atoms with Gasteiger partial charge in [-0.2, -0.15) is 5.26 Å². The van der Waals surface area contributed by atoms with E-state index in [1.54, 1.807) is 29.2 Å². The van der Waals surface area contributed by atoms with Crippen LogP contribution < -0.4 is 4.90 Å². The molecule has 1 aromatic rings. The summed E-state index contributed by atoms with van der Waals surface area (Å²) in [7, 11) is 0. The molecule has 0 amide bonds. The second-order valence-corrected chi connectivity index (χ2v) is 5.83. The highest BCUT2D eigenvalue weighted by molar-refractivity contribution is 6.30. The Hall–Kier alpha value is -1.73. The maximum absolute atomic E-state index is 10.9. The molecule has 0 unspecified atom stereocenters. The molecule has 4 nitrogen and oxygen atoms in total. The summed E-state index contributed by atoms with van der Waals surface area (Å²) in [4.78, 5) is 12.7. The fraction of sp³-hybridized carbons (Fsp3) is 0.467. The van der Waals surface area contributed by atoms with Gasteiger partial charge in [0.1, 0.15) is 6.54 Å². The van der Waals surface area contributed by atoms with Crippen molar-refractivity contribution >= 4 is 23.3 Å². The summed E-state index contributed by atoms with van der Waals surface area (Å²) in [6.07, 6.45) is 1.49. The van der Waals surface area contributed by atoms with Gasteiger partial charge in [0, 0.05) is 17.3 Å². The van der Waals surface area contributed by atoms with Crippen LogP contribution in [0.4, 0.5) is 5.69 Å². The number of rotatable bonds is 7. The zero-order chi connectivity index (χ0) is 15.2. The van der Waals surface area contributed by atoms with Crippen LogP contribution in [-0.4, -0.2) is 24.2 Å². The molecule has 20 heavy (non-hydrogen) atoms. The molecule has 5 heteroatoms. The highest BCUT2D eigenvalue weighted by atomic mass is 35.5. The lowest BCUT2D eigenvalue weighted by atomic mass is 9.90. The van der Waals surface area contributed by atoms with E-state index in [1.165, 1.54) is 0 Å². The maximum atomic E-state index is 10.9. The summed E-state index contributed by atoms with van der Waals surface area (Å²) in [6, 6.07) is 9.35. The summed E-state index contributed by atoms with van der Waals surface area (Å²) >= 11 is 5.83. The zero-order valence-electron chi connectivity index (χ0n) is 11.8. The molecule has 1 N–H and O–H groups in total. The lowest BCUT2D eigenvalue weighted by Crippen LogP contribution is -2.31. The largest absolute Gasteiger partial charge is 0.480 e. The first-order valence-electron chi connectivity index (χ1n) is 6.47. The SMILES string of the molecule is CC(C)(C#N)CCCN(CC(=O)O)c1ccc(Cl)cc1. The quantitative estimate of drug-likeness (QED) is 0.835. The zero-order valence-corrected chi connectivity index (χ0v) is 12.5. The molecule has 0 aromatic heterocycles. The average molecular weight is 295 g/mol. The Morgan fingerprint density at radius 1 is 1.40 bits per heavy atom. The lowest BCUT2D eigenvalue weighted by Gasteiger charge is -2.24. The molecule has 0 saturated carbocycles. The standard InChI is InChI=1S/C15H19ClN2O2/c1-15(2,11-17)8-3-9-18(10-14(19)20)13-6-4-12(16)5-7-13/h4-7H,3,8-10H2,1-2H3,(H,19,20). The Balaban J connectivity index is 2.68. The average Bonchev–Trinajstić information content (AvgIpc) is 2.38. The van der Waals surface area contributed by atoms with Crippen molar-refractivity contribution in [2.75, 3.05) is 18.0 Å². The molecule has 0 fully saturated rings. The van der Waals surface area contributed by atoms with Gasteiger partial charge < -0.3 is 10.0 Å². The Morgan fingerprint density at radius 3 is 2.50 bits per heavy atom. The third-order valence-electron chi connectivity index (χ3n) is 3.05. The topological polar surface area (TPSA) is 64.3 Å². The Bertz CT molecular complexity index is 492. The van der Waals surface area contributed by atoms with Crippen molar-refractivity contribution < 1.29 is 9.90 Å². The molecule has 0 heterocycles. The Labute approximate surface area is 124 Å². The summed E-state index contributed by atoms with van der Waals surface area (Å²) in [5.41, 5.74) is 0.445. The van der Waals surface area contributed by atoms with Crippen LogP contribution in [0.15, 0.2) is 24.3 Å². The Morgan fingerprint density at radius 2 is 2.00 bits per heavy atom. The van der Waals surface area contributed by atoms with E-state index in [4.69, 9.17) is 22.0 Å². The van der Waals surface area contributed by atoms with Crippen LogP contribution in [0.5, 0.6) is 0 Å². The number of carboxylic acid groups (broad SMARTS) is 1. The number of nitriles is 1. The van der Waals surface area contributed by atoms with E-state index in [1.807, 2.05) is 13.8 Å². The van der Waals surface area contributed by atoms with Gasteiger partial charge in [-0.25, -0.2) is 0 Å². The van der Waals surface area contributed by atoms with Crippen molar-refractivity contribution in [3.05, 3.63) is 29.3 Å². The van der Waals surface area contributed by atoms with Gasteiger partial charge in [-0.1, -0.05) is 11.6 Å². The number of hydrogen-bond donors (Lipinski definition) is 1. The van der Waals surface area contributed by atoms with Gasteiger partial charge in [-0.05, 0) is 51.0 Å². The van der Waals surface area contributed by atoms with E-state index in [0.29, 0.717) is 11.6 Å². The predicted octanol–water partition coefficient (Wildman–Crippen LogP) is 3.56. The van der Waals surface area contributed by atoms with Gasteiger partial charge in [-0.3, -0.25) is 4.79 Å². The number of anilines is 1. The summed E-state index contributed by atoms with van der Waals surface area (Å²) < 4.78 is 0. The predicted molar refractivity (Wildman–Crippen MR) is 79.9 cm³/mol. The lowest BCUT2D eigenvalue weighted by molar-refractivity contribution is -0.135. The number of carboxylic acids is 1. The highest BCUT2D eigenvalue weighted by Gasteiger charge is 2.17. The van der Waals surface area contributed by atoms with Crippen molar-refractivity contribution in [3.8, 4) is 6.07 Å². The minimum atomic E-state index is -0.875. The van der Waals surface area contributed by atoms with E-state index in [-0.39, 0.29) is 12.0 Å². The molecule has 0 aliphatic heterocycles. The van der Waals surface area contributed by atoms with Crippen LogP contribution in [0.25, 0.3) is 0 Å². The maximum Gasteiger partial charge on any atom is 0.323 e. The molecule has 0 atom stereocenters. The summed E-state index contributed by atoms with van der Waals surface area (Å²) in [6.45, 7) is 4.31. The molecule has 108 valence electrons. The first-order chi connectivity index (χ1) is 9.34. The second kappa shape index (κ2) is 7.16. The van der Waals surface area contributed by atoms with Crippen molar-refractivity contribution in [2.24, 2.45) is 5.41 Å². The van der Waals surface area contributed by atoms with Crippen LogP contribution >= 0.6 is 11.6 Å². The smallest absolute Gasteiger partial charge is 0.323 e.